The maximum absolute atomic E-state index is 6.28. The van der Waals surface area contributed by atoms with E-state index in [1.807, 2.05) is 20.8 Å². The first-order valence-corrected chi connectivity index (χ1v) is 9.54. The van der Waals surface area contributed by atoms with Crippen LogP contribution in [0.25, 0.3) is 0 Å². The topological polar surface area (TPSA) is 40.2 Å². The molecule has 1 heterocycles. The van der Waals surface area contributed by atoms with Gasteiger partial charge < -0.3 is 18.9 Å². The van der Waals surface area contributed by atoms with E-state index in [0.717, 1.165) is 19.4 Å². The standard InChI is InChI=1S/C19H38O4/c1-6-9-10-11-12-13-14-18(4,23-16-17-15-20-17)19(5,21-7-2)22-8-3/h17H,6-16H2,1-5H3. The molecule has 2 atom stereocenters. The number of epoxide rings is 1. The Morgan fingerprint density at radius 3 is 1.96 bits per heavy atom. The van der Waals surface area contributed by atoms with Gasteiger partial charge in [0.1, 0.15) is 11.7 Å². The zero-order valence-corrected chi connectivity index (χ0v) is 16.0. The van der Waals surface area contributed by atoms with Crippen LogP contribution in [0.15, 0.2) is 0 Å². The monoisotopic (exact) mass is 330 g/mol. The lowest BCUT2D eigenvalue weighted by molar-refractivity contribution is -0.318. The molecule has 138 valence electrons. The summed E-state index contributed by atoms with van der Waals surface area (Å²) in [6, 6.07) is 0. The van der Waals surface area contributed by atoms with Gasteiger partial charge in [0.05, 0.1) is 13.2 Å². The summed E-state index contributed by atoms with van der Waals surface area (Å²) in [5, 5.41) is 0. The molecule has 2 unspecified atom stereocenters. The van der Waals surface area contributed by atoms with Gasteiger partial charge in [-0.1, -0.05) is 45.4 Å². The molecular weight excluding hydrogens is 292 g/mol. The van der Waals surface area contributed by atoms with Crippen molar-refractivity contribution in [2.45, 2.75) is 97.1 Å². The fourth-order valence-corrected chi connectivity index (χ4v) is 3.01. The molecule has 0 N–H and O–H groups in total. The Morgan fingerprint density at radius 1 is 0.870 bits per heavy atom. The largest absolute Gasteiger partial charge is 0.371 e. The fourth-order valence-electron chi connectivity index (χ4n) is 3.01. The van der Waals surface area contributed by atoms with E-state index in [0.29, 0.717) is 19.8 Å². The van der Waals surface area contributed by atoms with Crippen molar-refractivity contribution in [2.75, 3.05) is 26.4 Å². The highest BCUT2D eigenvalue weighted by atomic mass is 16.7. The van der Waals surface area contributed by atoms with E-state index in [-0.39, 0.29) is 6.10 Å². The van der Waals surface area contributed by atoms with Gasteiger partial charge in [-0.05, 0) is 34.1 Å². The average Bonchev–Trinajstić information content (AvgIpc) is 3.33. The lowest BCUT2D eigenvalue weighted by Gasteiger charge is -2.45. The highest BCUT2D eigenvalue weighted by molar-refractivity contribution is 4.91. The lowest BCUT2D eigenvalue weighted by atomic mass is 9.89. The highest BCUT2D eigenvalue weighted by Crippen LogP contribution is 2.36. The Hall–Kier alpha value is -0.160. The molecule has 4 heteroatoms. The molecule has 1 rings (SSSR count). The summed E-state index contributed by atoms with van der Waals surface area (Å²) in [5.41, 5.74) is -0.449. The van der Waals surface area contributed by atoms with Crippen molar-refractivity contribution in [3.63, 3.8) is 0 Å². The minimum Gasteiger partial charge on any atom is -0.371 e. The third kappa shape index (κ3) is 7.08. The molecule has 0 amide bonds. The second-order valence-electron chi connectivity index (χ2n) is 6.83. The third-order valence-corrected chi connectivity index (χ3v) is 4.80. The molecule has 1 fully saturated rings. The minimum absolute atomic E-state index is 0.256. The first-order chi connectivity index (χ1) is 11.0. The molecule has 1 saturated heterocycles. The molecule has 0 aromatic carbocycles. The zero-order valence-electron chi connectivity index (χ0n) is 16.0. The fraction of sp³-hybridized carbons (Fsp3) is 1.00. The molecule has 0 bridgehead atoms. The van der Waals surface area contributed by atoms with Crippen molar-refractivity contribution < 1.29 is 18.9 Å². The number of hydrogen-bond acceptors (Lipinski definition) is 4. The van der Waals surface area contributed by atoms with Gasteiger partial charge in [0.25, 0.3) is 0 Å². The zero-order chi connectivity index (χ0) is 17.2. The Balaban J connectivity index is 2.58. The van der Waals surface area contributed by atoms with E-state index in [9.17, 15) is 0 Å². The van der Waals surface area contributed by atoms with Crippen LogP contribution in [0.2, 0.25) is 0 Å². The van der Waals surface area contributed by atoms with Crippen molar-refractivity contribution >= 4 is 0 Å². The van der Waals surface area contributed by atoms with Crippen molar-refractivity contribution in [3.05, 3.63) is 0 Å². The molecular formula is C19H38O4. The van der Waals surface area contributed by atoms with E-state index in [1.165, 1.54) is 32.1 Å². The van der Waals surface area contributed by atoms with Crippen LogP contribution in [0.3, 0.4) is 0 Å². The van der Waals surface area contributed by atoms with Gasteiger partial charge in [0.15, 0.2) is 5.79 Å². The van der Waals surface area contributed by atoms with Gasteiger partial charge in [0, 0.05) is 13.2 Å². The summed E-state index contributed by atoms with van der Waals surface area (Å²) >= 11 is 0. The number of unbranched alkanes of at least 4 members (excludes halogenated alkanes) is 5. The average molecular weight is 331 g/mol. The van der Waals surface area contributed by atoms with Crippen LogP contribution < -0.4 is 0 Å². The van der Waals surface area contributed by atoms with E-state index in [1.54, 1.807) is 0 Å². The summed E-state index contributed by atoms with van der Waals surface area (Å²) in [5.74, 6) is -0.713. The van der Waals surface area contributed by atoms with Crippen LogP contribution in [0.5, 0.6) is 0 Å². The minimum atomic E-state index is -0.713. The van der Waals surface area contributed by atoms with Crippen LogP contribution in [0, 0.1) is 0 Å². The van der Waals surface area contributed by atoms with Gasteiger partial charge in [-0.15, -0.1) is 0 Å². The van der Waals surface area contributed by atoms with E-state index >= 15 is 0 Å². The second kappa shape index (κ2) is 10.7. The van der Waals surface area contributed by atoms with Gasteiger partial charge in [-0.2, -0.15) is 0 Å². The van der Waals surface area contributed by atoms with Gasteiger partial charge >= 0.3 is 0 Å². The Labute approximate surface area is 143 Å². The van der Waals surface area contributed by atoms with Crippen LogP contribution in [0.1, 0.15) is 79.6 Å². The molecule has 0 saturated carbocycles. The highest BCUT2D eigenvalue weighted by Gasteiger charge is 2.48. The quantitative estimate of drug-likeness (QED) is 0.248. The van der Waals surface area contributed by atoms with Crippen LogP contribution in [0.4, 0.5) is 0 Å². The second-order valence-corrected chi connectivity index (χ2v) is 6.83. The van der Waals surface area contributed by atoms with Crippen molar-refractivity contribution in [3.8, 4) is 0 Å². The number of ether oxygens (including phenoxy) is 4. The smallest absolute Gasteiger partial charge is 0.194 e. The summed E-state index contributed by atoms with van der Waals surface area (Å²) < 4.78 is 23.6. The SMILES string of the molecule is CCCCCCCCC(C)(OCC1CO1)C(C)(OCC)OCC. The van der Waals surface area contributed by atoms with E-state index in [4.69, 9.17) is 18.9 Å². The first kappa shape index (κ1) is 20.9. The molecule has 0 radical (unpaired) electrons. The Bertz CT molecular complexity index is 298. The van der Waals surface area contributed by atoms with Gasteiger partial charge in [-0.3, -0.25) is 0 Å². The molecule has 0 aromatic rings. The summed E-state index contributed by atoms with van der Waals surface area (Å²) in [6.45, 7) is 13.1. The van der Waals surface area contributed by atoms with Crippen LogP contribution in [-0.2, 0) is 18.9 Å². The predicted octanol–water partition coefficient (Wildman–Crippen LogP) is 4.70. The maximum atomic E-state index is 6.28. The predicted molar refractivity (Wildman–Crippen MR) is 93.7 cm³/mol. The molecule has 1 aliphatic heterocycles. The normalized spacial score (nSPS) is 20.5. The molecule has 4 nitrogen and oxygen atoms in total. The van der Waals surface area contributed by atoms with Crippen molar-refractivity contribution in [2.24, 2.45) is 0 Å². The molecule has 23 heavy (non-hydrogen) atoms. The van der Waals surface area contributed by atoms with E-state index in [2.05, 4.69) is 13.8 Å². The first-order valence-electron chi connectivity index (χ1n) is 9.54. The summed E-state index contributed by atoms with van der Waals surface area (Å²) in [6.07, 6.45) is 8.84. The number of rotatable bonds is 15. The summed E-state index contributed by atoms with van der Waals surface area (Å²) in [4.78, 5) is 0. The maximum Gasteiger partial charge on any atom is 0.194 e. The molecule has 0 spiro atoms. The summed E-state index contributed by atoms with van der Waals surface area (Å²) in [7, 11) is 0. The van der Waals surface area contributed by atoms with Crippen molar-refractivity contribution in [1.82, 2.24) is 0 Å². The van der Waals surface area contributed by atoms with Crippen LogP contribution >= 0.6 is 0 Å². The lowest BCUT2D eigenvalue weighted by Crippen LogP contribution is -2.56. The van der Waals surface area contributed by atoms with Gasteiger partial charge in [-0.25, -0.2) is 0 Å². The Kier molecular flexibility index (Phi) is 9.67. The van der Waals surface area contributed by atoms with E-state index < -0.39 is 11.4 Å². The number of hydrogen-bond donors (Lipinski definition) is 0. The van der Waals surface area contributed by atoms with Gasteiger partial charge in [0.2, 0.25) is 0 Å². The molecule has 1 aliphatic rings. The van der Waals surface area contributed by atoms with Crippen LogP contribution in [-0.4, -0.2) is 43.9 Å². The molecule has 0 aromatic heterocycles. The molecule has 0 aliphatic carbocycles. The third-order valence-electron chi connectivity index (χ3n) is 4.80. The Morgan fingerprint density at radius 2 is 1.43 bits per heavy atom. The van der Waals surface area contributed by atoms with Crippen molar-refractivity contribution in [1.29, 1.82) is 0 Å².